The average molecular weight is 232 g/mol. The van der Waals surface area contributed by atoms with Gasteiger partial charge in [0.2, 0.25) is 0 Å². The van der Waals surface area contributed by atoms with E-state index in [1.165, 1.54) is 0 Å². The van der Waals surface area contributed by atoms with Gasteiger partial charge in [-0.05, 0) is 0 Å². The first-order valence-electron chi connectivity index (χ1n) is 3.57. The van der Waals surface area contributed by atoms with Gasteiger partial charge in [0.1, 0.15) is 0 Å². The summed E-state index contributed by atoms with van der Waals surface area (Å²) < 4.78 is 0. The lowest BCUT2D eigenvalue weighted by atomic mass is 9.93. The van der Waals surface area contributed by atoms with E-state index in [4.69, 9.17) is 39.6 Å². The maximum atomic E-state index is 8.50. The molecule has 0 aromatic carbocycles. The maximum absolute atomic E-state index is 8.50. The van der Waals surface area contributed by atoms with Gasteiger partial charge >= 0.3 is 9.05 Å². The van der Waals surface area contributed by atoms with E-state index in [0.29, 0.717) is 0 Å². The summed E-state index contributed by atoms with van der Waals surface area (Å²) >= 11 is 0. The van der Waals surface area contributed by atoms with Crippen LogP contribution in [-0.2, 0) is 0 Å². The standard InChI is InChI=1S/C5H12O4.H4O4Si/c6-1-5(2-7,3-8)4-9;1-5(2,3)4/h6-9H,1-4H2;1-4H. The zero-order valence-corrected chi connectivity index (χ0v) is 8.41. The molecular weight excluding hydrogens is 216 g/mol. The topological polar surface area (TPSA) is 162 Å². The molecule has 0 rings (SSSR count). The molecule has 0 aliphatic rings. The van der Waals surface area contributed by atoms with Crippen LogP contribution >= 0.6 is 0 Å². The third kappa shape index (κ3) is 9.98. The molecule has 0 saturated carbocycles. The van der Waals surface area contributed by atoms with E-state index in [-0.39, 0.29) is 0 Å². The molecule has 0 fully saturated rings. The van der Waals surface area contributed by atoms with Gasteiger partial charge in [0.25, 0.3) is 0 Å². The van der Waals surface area contributed by atoms with Crippen LogP contribution in [0, 0.1) is 5.41 Å². The Hall–Kier alpha value is -0.103. The van der Waals surface area contributed by atoms with Crippen molar-refractivity contribution in [2.75, 3.05) is 26.4 Å². The summed E-state index contributed by atoms with van der Waals surface area (Å²) in [6.45, 7) is -1.62. The van der Waals surface area contributed by atoms with Crippen molar-refractivity contribution in [3.63, 3.8) is 0 Å². The van der Waals surface area contributed by atoms with Crippen LogP contribution in [0.2, 0.25) is 0 Å². The molecule has 0 saturated heterocycles. The van der Waals surface area contributed by atoms with Gasteiger partial charge in [-0.25, -0.2) is 0 Å². The molecule has 0 atom stereocenters. The summed E-state index contributed by atoms with van der Waals surface area (Å²) in [6, 6.07) is 0. The predicted molar refractivity (Wildman–Crippen MR) is 45.4 cm³/mol. The normalized spacial score (nSPS) is 12.0. The van der Waals surface area contributed by atoms with Crippen molar-refractivity contribution < 1.29 is 39.6 Å². The van der Waals surface area contributed by atoms with Crippen LogP contribution in [0.3, 0.4) is 0 Å². The second-order valence-electron chi connectivity index (χ2n) is 2.73. The predicted octanol–water partition coefficient (Wildman–Crippen LogP) is -4.67. The molecule has 8 nitrogen and oxygen atoms in total. The van der Waals surface area contributed by atoms with Crippen molar-refractivity contribution in [1.82, 2.24) is 0 Å². The molecule has 0 unspecified atom stereocenters. The van der Waals surface area contributed by atoms with E-state index < -0.39 is 40.9 Å². The SMILES string of the molecule is OCC(CO)(CO)CO.O[Si](O)(O)O. The zero-order chi connectivity index (χ0) is 11.8. The lowest BCUT2D eigenvalue weighted by Crippen LogP contribution is -2.37. The van der Waals surface area contributed by atoms with Crippen molar-refractivity contribution in [2.45, 2.75) is 0 Å². The first-order chi connectivity index (χ1) is 6.24. The Morgan fingerprint density at radius 3 is 0.786 bits per heavy atom. The van der Waals surface area contributed by atoms with E-state index in [1.807, 2.05) is 0 Å². The molecule has 9 heteroatoms. The quantitative estimate of drug-likeness (QED) is 0.224. The van der Waals surface area contributed by atoms with E-state index in [1.54, 1.807) is 0 Å². The monoisotopic (exact) mass is 232 g/mol. The molecule has 0 aromatic heterocycles. The Morgan fingerprint density at radius 2 is 0.786 bits per heavy atom. The number of aliphatic hydroxyl groups excluding tert-OH is 4. The van der Waals surface area contributed by atoms with Crippen molar-refractivity contribution >= 4 is 9.05 Å². The largest absolute Gasteiger partial charge is 0.668 e. The van der Waals surface area contributed by atoms with Gasteiger partial charge in [0, 0.05) is 0 Å². The summed E-state index contributed by atoms with van der Waals surface area (Å²) in [7, 11) is -4.61. The van der Waals surface area contributed by atoms with Crippen molar-refractivity contribution in [1.29, 1.82) is 0 Å². The summed E-state index contributed by atoms with van der Waals surface area (Å²) in [4.78, 5) is 29.3. The first kappa shape index (κ1) is 16.3. The molecule has 0 amide bonds. The van der Waals surface area contributed by atoms with E-state index in [9.17, 15) is 0 Å². The van der Waals surface area contributed by atoms with Gasteiger partial charge in [-0.2, -0.15) is 0 Å². The second-order valence-corrected chi connectivity index (χ2v) is 3.93. The smallest absolute Gasteiger partial charge is 0.396 e. The van der Waals surface area contributed by atoms with Gasteiger partial charge in [-0.1, -0.05) is 0 Å². The molecular formula is C5H16O8Si. The Balaban J connectivity index is 0. The van der Waals surface area contributed by atoms with Crippen molar-refractivity contribution in [3.8, 4) is 0 Å². The molecule has 0 aliphatic carbocycles. The fraction of sp³-hybridized carbons (Fsp3) is 1.00. The fourth-order valence-electron chi connectivity index (χ4n) is 0.300. The number of aliphatic hydroxyl groups is 4. The third-order valence-corrected chi connectivity index (χ3v) is 1.34. The molecule has 0 spiro atoms. The van der Waals surface area contributed by atoms with Crippen LogP contribution in [0.15, 0.2) is 0 Å². The van der Waals surface area contributed by atoms with Gasteiger partial charge in [-0.3, -0.25) is 0 Å². The van der Waals surface area contributed by atoms with Crippen molar-refractivity contribution in [2.24, 2.45) is 5.41 Å². The van der Waals surface area contributed by atoms with Gasteiger partial charge in [0.05, 0.1) is 31.8 Å². The van der Waals surface area contributed by atoms with E-state index >= 15 is 0 Å². The lowest BCUT2D eigenvalue weighted by molar-refractivity contribution is -0.0328. The number of hydrogen-bond acceptors (Lipinski definition) is 8. The van der Waals surface area contributed by atoms with Gasteiger partial charge < -0.3 is 39.6 Å². The minimum absolute atomic E-state index is 0.406. The Labute approximate surface area is 81.4 Å². The average Bonchev–Trinajstić information content (AvgIpc) is 2.07. The van der Waals surface area contributed by atoms with Crippen molar-refractivity contribution in [3.05, 3.63) is 0 Å². The molecule has 8 N–H and O–H groups in total. The Bertz CT molecular complexity index is 107. The van der Waals surface area contributed by atoms with Crippen LogP contribution in [0.25, 0.3) is 0 Å². The highest BCUT2D eigenvalue weighted by Crippen LogP contribution is 2.11. The summed E-state index contributed by atoms with van der Waals surface area (Å²) in [5, 5.41) is 34.0. The van der Waals surface area contributed by atoms with Crippen LogP contribution in [-0.4, -0.2) is 75.1 Å². The number of hydrogen-bond donors (Lipinski definition) is 8. The summed E-state index contributed by atoms with van der Waals surface area (Å²) in [6.07, 6.45) is 0. The maximum Gasteiger partial charge on any atom is 0.668 e. The molecule has 0 aromatic rings. The Kier molecular flexibility index (Phi) is 8.43. The first-order valence-corrected chi connectivity index (χ1v) is 5.36. The minimum Gasteiger partial charge on any atom is -0.396 e. The van der Waals surface area contributed by atoms with Crippen LogP contribution in [0.5, 0.6) is 0 Å². The van der Waals surface area contributed by atoms with E-state index in [0.717, 1.165) is 0 Å². The molecule has 0 aliphatic heterocycles. The van der Waals surface area contributed by atoms with Gasteiger partial charge in [-0.15, -0.1) is 0 Å². The van der Waals surface area contributed by atoms with Crippen LogP contribution < -0.4 is 0 Å². The number of rotatable bonds is 4. The molecule has 0 bridgehead atoms. The van der Waals surface area contributed by atoms with E-state index in [2.05, 4.69) is 0 Å². The summed E-state index contributed by atoms with van der Waals surface area (Å²) in [5.41, 5.74) is -1.11. The minimum atomic E-state index is -4.61. The van der Waals surface area contributed by atoms with Gasteiger partial charge in [0.15, 0.2) is 0 Å². The highest BCUT2D eigenvalue weighted by atomic mass is 28.4. The zero-order valence-electron chi connectivity index (χ0n) is 7.41. The highest BCUT2D eigenvalue weighted by molar-refractivity contribution is 6.46. The molecule has 0 radical (unpaired) electrons. The highest BCUT2D eigenvalue weighted by Gasteiger charge is 2.26. The molecule has 14 heavy (non-hydrogen) atoms. The molecule has 88 valence electrons. The second kappa shape index (κ2) is 7.22. The third-order valence-electron chi connectivity index (χ3n) is 1.34. The Morgan fingerprint density at radius 1 is 0.643 bits per heavy atom. The summed E-state index contributed by atoms with van der Waals surface area (Å²) in [5.74, 6) is 0. The molecule has 0 heterocycles. The fourth-order valence-corrected chi connectivity index (χ4v) is 0.300. The van der Waals surface area contributed by atoms with Crippen LogP contribution in [0.4, 0.5) is 0 Å². The lowest BCUT2D eigenvalue weighted by Gasteiger charge is -2.23. The van der Waals surface area contributed by atoms with Crippen LogP contribution in [0.1, 0.15) is 0 Å².